The minimum Gasteiger partial charge on any atom is -0.340 e. The molecule has 2 aromatic heterocycles. The molecule has 1 aliphatic heterocycles. The van der Waals surface area contributed by atoms with Gasteiger partial charge >= 0.3 is 6.03 Å². The van der Waals surface area contributed by atoms with Crippen LogP contribution >= 0.6 is 34.5 Å². The van der Waals surface area contributed by atoms with Gasteiger partial charge in [0.2, 0.25) is 5.91 Å². The molecule has 196 valence electrons. The van der Waals surface area contributed by atoms with Crippen molar-refractivity contribution >= 4 is 63.1 Å². The molecule has 2 aromatic rings. The molecule has 3 rings (SSSR count). The summed E-state index contributed by atoms with van der Waals surface area (Å²) in [5, 5.41) is 6.25. The first-order valence-electron chi connectivity index (χ1n) is 11.6. The van der Waals surface area contributed by atoms with E-state index >= 15 is 0 Å². The van der Waals surface area contributed by atoms with E-state index in [0.717, 1.165) is 11.4 Å². The van der Waals surface area contributed by atoms with E-state index in [1.807, 2.05) is 45.8 Å². The van der Waals surface area contributed by atoms with Crippen LogP contribution in [0.4, 0.5) is 15.5 Å². The first-order chi connectivity index (χ1) is 16.9. The van der Waals surface area contributed by atoms with Crippen LogP contribution in [0.1, 0.15) is 42.4 Å². The Bertz CT molecular complexity index is 1110. The number of likely N-dealkylation sites (N-methyl/N-ethyl adjacent to an activating group) is 1. The maximum atomic E-state index is 13.6. The summed E-state index contributed by atoms with van der Waals surface area (Å²) in [4.78, 5) is 49.4. The number of nitrogens with zero attached hydrogens (tertiary/aromatic N) is 4. The zero-order chi connectivity index (χ0) is 26.6. The van der Waals surface area contributed by atoms with Gasteiger partial charge in [-0.15, -0.1) is 11.3 Å². The van der Waals surface area contributed by atoms with Gasteiger partial charge in [-0.25, -0.2) is 4.79 Å². The van der Waals surface area contributed by atoms with E-state index in [1.165, 1.54) is 23.7 Å². The van der Waals surface area contributed by atoms with Crippen molar-refractivity contribution in [2.45, 2.75) is 32.6 Å². The van der Waals surface area contributed by atoms with Gasteiger partial charge in [0.25, 0.3) is 5.91 Å². The van der Waals surface area contributed by atoms with Crippen LogP contribution in [-0.2, 0) is 10.2 Å². The number of thiophene rings is 1. The molecule has 9 nitrogen and oxygen atoms in total. The Labute approximate surface area is 225 Å². The third-order valence-corrected chi connectivity index (χ3v) is 7.76. The fourth-order valence-corrected chi connectivity index (χ4v) is 5.15. The normalized spacial score (nSPS) is 14.7. The van der Waals surface area contributed by atoms with Crippen molar-refractivity contribution in [2.75, 3.05) is 57.5 Å². The quantitative estimate of drug-likeness (QED) is 0.542. The average Bonchev–Trinajstić information content (AvgIpc) is 3.12. The van der Waals surface area contributed by atoms with E-state index in [9.17, 15) is 14.4 Å². The number of hydrogen-bond acceptors (Lipinski definition) is 6. The summed E-state index contributed by atoms with van der Waals surface area (Å²) in [5.74, 6) is -0.184. The van der Waals surface area contributed by atoms with Crippen LogP contribution in [-0.4, -0.2) is 84.3 Å². The summed E-state index contributed by atoms with van der Waals surface area (Å²) >= 11 is 13.6. The third kappa shape index (κ3) is 7.09. The van der Waals surface area contributed by atoms with Crippen LogP contribution in [0, 0.1) is 0 Å². The Kier molecular flexibility index (Phi) is 9.21. The lowest BCUT2D eigenvalue weighted by molar-refractivity contribution is -0.130. The molecule has 3 heterocycles. The second kappa shape index (κ2) is 11.8. The summed E-state index contributed by atoms with van der Waals surface area (Å²) in [5.41, 5.74) is 0.391. The molecule has 12 heteroatoms. The summed E-state index contributed by atoms with van der Waals surface area (Å²) < 4.78 is 0. The maximum Gasteiger partial charge on any atom is 0.324 e. The second-order valence-electron chi connectivity index (χ2n) is 9.89. The number of aromatic nitrogens is 1. The maximum absolute atomic E-state index is 13.6. The number of halogens is 2. The summed E-state index contributed by atoms with van der Waals surface area (Å²) in [7, 11) is 3.92. The van der Waals surface area contributed by atoms with E-state index in [4.69, 9.17) is 23.2 Å². The lowest BCUT2D eigenvalue weighted by atomic mass is 9.94. The smallest absolute Gasteiger partial charge is 0.324 e. The largest absolute Gasteiger partial charge is 0.340 e. The van der Waals surface area contributed by atoms with E-state index in [-0.39, 0.29) is 39.4 Å². The lowest BCUT2D eigenvalue weighted by Crippen LogP contribution is -2.39. The summed E-state index contributed by atoms with van der Waals surface area (Å²) in [6, 6.07) is 1.24. The van der Waals surface area contributed by atoms with Gasteiger partial charge in [-0.2, -0.15) is 0 Å². The number of rotatable bonds is 6. The average molecular weight is 556 g/mol. The van der Waals surface area contributed by atoms with E-state index < -0.39 is 6.03 Å². The van der Waals surface area contributed by atoms with Crippen molar-refractivity contribution in [3.8, 4) is 0 Å². The summed E-state index contributed by atoms with van der Waals surface area (Å²) in [6.07, 6.45) is 3.02. The Morgan fingerprint density at radius 2 is 1.78 bits per heavy atom. The van der Waals surface area contributed by atoms with Crippen molar-refractivity contribution in [2.24, 2.45) is 0 Å². The molecule has 0 radical (unpaired) electrons. The molecule has 2 N–H and O–H groups in total. The first kappa shape index (κ1) is 28.2. The molecular weight excluding hydrogens is 523 g/mol. The fourth-order valence-electron chi connectivity index (χ4n) is 3.59. The number of pyridine rings is 1. The van der Waals surface area contributed by atoms with Gasteiger partial charge in [0.05, 0.1) is 21.3 Å². The molecule has 1 saturated heterocycles. The Balaban J connectivity index is 1.81. The van der Waals surface area contributed by atoms with Gasteiger partial charge in [0, 0.05) is 56.4 Å². The Morgan fingerprint density at radius 3 is 2.39 bits per heavy atom. The molecule has 4 amide bonds. The predicted molar refractivity (Wildman–Crippen MR) is 146 cm³/mol. The van der Waals surface area contributed by atoms with Gasteiger partial charge in [-0.05, 0) is 25.6 Å². The number of carbonyl (C=O) groups is 3. The minimum atomic E-state index is -0.581. The number of urea groups is 1. The van der Waals surface area contributed by atoms with Crippen LogP contribution in [0.3, 0.4) is 0 Å². The molecule has 0 bridgehead atoms. The topological polar surface area (TPSA) is 97.9 Å². The van der Waals surface area contributed by atoms with Crippen molar-refractivity contribution in [1.82, 2.24) is 19.7 Å². The highest BCUT2D eigenvalue weighted by Gasteiger charge is 2.29. The lowest BCUT2D eigenvalue weighted by Gasteiger charge is -2.23. The number of hydrogen-bond donors (Lipinski definition) is 2. The zero-order valence-corrected chi connectivity index (χ0v) is 23.5. The SMILES string of the molecule is CN(C)CCN1CCN(C(=O)c2cc(C(C)(C)C)sc2NC(=O)Nc2c(Cl)cncc2Cl)CCC1=O. The number of anilines is 2. The molecule has 1 aliphatic rings. The third-order valence-electron chi connectivity index (χ3n) is 5.71. The number of nitrogens with one attached hydrogen (secondary N) is 2. The van der Waals surface area contributed by atoms with Crippen LogP contribution in [0.5, 0.6) is 0 Å². The van der Waals surface area contributed by atoms with Crippen molar-refractivity contribution in [3.05, 3.63) is 38.9 Å². The van der Waals surface area contributed by atoms with E-state index in [1.54, 1.807) is 9.80 Å². The molecule has 36 heavy (non-hydrogen) atoms. The van der Waals surface area contributed by atoms with Crippen LogP contribution in [0.2, 0.25) is 10.0 Å². The molecule has 1 fully saturated rings. The van der Waals surface area contributed by atoms with Gasteiger partial charge in [-0.1, -0.05) is 44.0 Å². The molecule has 0 spiro atoms. The molecule has 0 aliphatic carbocycles. The molecule has 0 saturated carbocycles. The Morgan fingerprint density at radius 1 is 1.11 bits per heavy atom. The van der Waals surface area contributed by atoms with Crippen LogP contribution in [0.15, 0.2) is 18.5 Å². The van der Waals surface area contributed by atoms with Crippen molar-refractivity contribution in [3.63, 3.8) is 0 Å². The van der Waals surface area contributed by atoms with E-state index in [2.05, 4.69) is 15.6 Å². The van der Waals surface area contributed by atoms with Crippen molar-refractivity contribution < 1.29 is 14.4 Å². The highest BCUT2D eigenvalue weighted by molar-refractivity contribution is 7.16. The molecule has 0 atom stereocenters. The predicted octanol–water partition coefficient (Wildman–Crippen LogP) is 4.63. The monoisotopic (exact) mass is 554 g/mol. The van der Waals surface area contributed by atoms with Crippen LogP contribution < -0.4 is 10.6 Å². The minimum absolute atomic E-state index is 0.0386. The zero-order valence-electron chi connectivity index (χ0n) is 21.2. The Hall–Kier alpha value is -2.40. The number of amides is 4. The summed E-state index contributed by atoms with van der Waals surface area (Å²) in [6.45, 7) is 8.72. The molecule has 0 unspecified atom stereocenters. The van der Waals surface area contributed by atoms with Crippen LogP contribution in [0.25, 0.3) is 0 Å². The standard InChI is InChI=1S/C24H32Cl2N6O3S/c1-24(2,3)18-12-15(21(36-18)29-23(35)28-20-16(25)13-27-14-17(20)26)22(34)32-7-6-19(33)31(10-11-32)9-8-30(4)5/h12-14H,6-11H2,1-5H3,(H2,27,28,29,35). The van der Waals surface area contributed by atoms with Gasteiger partial charge < -0.3 is 20.0 Å². The van der Waals surface area contributed by atoms with Gasteiger partial charge in [-0.3, -0.25) is 19.9 Å². The fraction of sp³-hybridized carbons (Fsp3) is 0.500. The van der Waals surface area contributed by atoms with E-state index in [0.29, 0.717) is 36.7 Å². The number of carbonyl (C=O) groups excluding carboxylic acids is 3. The second-order valence-corrected chi connectivity index (χ2v) is 11.8. The van der Waals surface area contributed by atoms with Gasteiger partial charge in [0.15, 0.2) is 0 Å². The van der Waals surface area contributed by atoms with Crippen molar-refractivity contribution in [1.29, 1.82) is 0 Å². The molecule has 0 aromatic carbocycles. The molecular formula is C24H32Cl2N6O3S. The first-order valence-corrected chi connectivity index (χ1v) is 13.2. The highest BCUT2D eigenvalue weighted by Crippen LogP contribution is 2.37. The van der Waals surface area contributed by atoms with Gasteiger partial charge in [0.1, 0.15) is 5.00 Å². The highest BCUT2D eigenvalue weighted by atomic mass is 35.5.